The first-order chi connectivity index (χ1) is 15.5. The van der Waals surface area contributed by atoms with Crippen LogP contribution in [0.5, 0.6) is 11.5 Å². The molecule has 1 aromatic rings. The lowest BCUT2D eigenvalue weighted by Gasteiger charge is -2.47. The van der Waals surface area contributed by atoms with Gasteiger partial charge in [-0.3, -0.25) is 0 Å². The predicted molar refractivity (Wildman–Crippen MR) is 126 cm³/mol. The number of nitrogens with zero attached hydrogens (tertiary/aromatic N) is 3. The van der Waals surface area contributed by atoms with E-state index in [1.54, 1.807) is 7.11 Å². The highest BCUT2D eigenvalue weighted by molar-refractivity contribution is 5.60. The number of methoxy groups -OCH3 is 1. The van der Waals surface area contributed by atoms with E-state index in [0.29, 0.717) is 17.4 Å². The van der Waals surface area contributed by atoms with Gasteiger partial charge in [-0.2, -0.15) is 15.8 Å². The second-order valence-electron chi connectivity index (χ2n) is 10.3. The van der Waals surface area contributed by atoms with Gasteiger partial charge in [0.1, 0.15) is 6.07 Å². The van der Waals surface area contributed by atoms with Crippen LogP contribution in [0.4, 0.5) is 0 Å². The standard InChI is InChI=1S/C27H32N4O2/c1-16(2)33-22-10-7-17(11-23(22)32-6)24-20-12-18(26(3,4)5)8-9-19(20)21(13-28)25(31)27(24,14-29)15-30/h7,9-11,16,18,20,24H,8,12,31H2,1-6H3/t18-,20-,24-/m0/s1. The molecule has 0 spiro atoms. The van der Waals surface area contributed by atoms with Gasteiger partial charge in [0, 0.05) is 5.92 Å². The molecular weight excluding hydrogens is 412 g/mol. The summed E-state index contributed by atoms with van der Waals surface area (Å²) in [7, 11) is 1.57. The summed E-state index contributed by atoms with van der Waals surface area (Å²) >= 11 is 0. The van der Waals surface area contributed by atoms with Crippen LogP contribution in [0.1, 0.15) is 58.9 Å². The van der Waals surface area contributed by atoms with Crippen molar-refractivity contribution in [1.29, 1.82) is 15.8 Å². The van der Waals surface area contributed by atoms with Crippen LogP contribution in [0, 0.1) is 56.7 Å². The minimum atomic E-state index is -1.65. The number of nitrogens with two attached hydrogens (primary N) is 1. The molecule has 0 fully saturated rings. The van der Waals surface area contributed by atoms with Crippen LogP contribution in [0.2, 0.25) is 0 Å². The van der Waals surface area contributed by atoms with Crippen molar-refractivity contribution in [2.45, 2.75) is 59.5 Å². The summed E-state index contributed by atoms with van der Waals surface area (Å²) in [5.74, 6) is 0.746. The smallest absolute Gasteiger partial charge is 0.191 e. The first kappa shape index (κ1) is 24.2. The van der Waals surface area contributed by atoms with Gasteiger partial charge in [-0.05, 0) is 67.2 Å². The number of fused-ring (bicyclic) bond motifs is 1. The molecule has 6 heteroatoms. The first-order valence-corrected chi connectivity index (χ1v) is 11.3. The first-order valence-electron chi connectivity index (χ1n) is 11.3. The SMILES string of the molecule is COc1cc([C@H]2[C@H]3C[C@@H](C(C)(C)C)CC=C3C(C#N)=C(N)C2(C#N)C#N)ccc1OC(C)C. The second-order valence-corrected chi connectivity index (χ2v) is 10.3. The fourth-order valence-corrected chi connectivity index (χ4v) is 5.20. The summed E-state index contributed by atoms with van der Waals surface area (Å²) in [6.45, 7) is 10.5. The minimum absolute atomic E-state index is 0.0334. The number of ether oxygens (including phenoxy) is 2. The maximum Gasteiger partial charge on any atom is 0.191 e. The number of hydrogen-bond donors (Lipinski definition) is 1. The van der Waals surface area contributed by atoms with Crippen LogP contribution in [0.15, 0.2) is 41.1 Å². The highest BCUT2D eigenvalue weighted by Crippen LogP contribution is 2.58. The van der Waals surface area contributed by atoms with Gasteiger partial charge in [0.25, 0.3) is 0 Å². The molecule has 2 aliphatic rings. The molecule has 0 aromatic heterocycles. The molecule has 3 atom stereocenters. The summed E-state index contributed by atoms with van der Waals surface area (Å²) in [5.41, 5.74) is 6.76. The third-order valence-electron chi connectivity index (χ3n) is 7.01. The van der Waals surface area contributed by atoms with Gasteiger partial charge in [0.15, 0.2) is 16.9 Å². The van der Waals surface area contributed by atoms with E-state index < -0.39 is 11.3 Å². The fraction of sp³-hybridized carbons (Fsp3) is 0.519. The van der Waals surface area contributed by atoms with E-state index in [4.69, 9.17) is 15.2 Å². The Morgan fingerprint density at radius 2 is 1.79 bits per heavy atom. The maximum absolute atomic E-state index is 10.3. The molecule has 3 rings (SSSR count). The Bertz CT molecular complexity index is 1100. The van der Waals surface area contributed by atoms with Gasteiger partial charge in [0.2, 0.25) is 0 Å². The number of hydrogen-bond acceptors (Lipinski definition) is 6. The topological polar surface area (TPSA) is 116 Å². The lowest BCUT2D eigenvalue weighted by molar-refractivity contribution is 0.170. The number of benzene rings is 1. The van der Waals surface area contributed by atoms with Crippen LogP contribution in [0.3, 0.4) is 0 Å². The Labute approximate surface area is 196 Å². The summed E-state index contributed by atoms with van der Waals surface area (Å²) < 4.78 is 11.5. The molecule has 0 heterocycles. The van der Waals surface area contributed by atoms with Gasteiger partial charge >= 0.3 is 0 Å². The summed E-state index contributed by atoms with van der Waals surface area (Å²) in [4.78, 5) is 0. The highest BCUT2D eigenvalue weighted by atomic mass is 16.5. The zero-order chi connectivity index (χ0) is 24.6. The van der Waals surface area contributed by atoms with Crippen LogP contribution in [-0.4, -0.2) is 13.2 Å². The van der Waals surface area contributed by atoms with E-state index in [0.717, 1.165) is 24.0 Å². The van der Waals surface area contributed by atoms with Crippen molar-refractivity contribution in [1.82, 2.24) is 0 Å². The molecule has 0 unspecified atom stereocenters. The van der Waals surface area contributed by atoms with E-state index >= 15 is 0 Å². The van der Waals surface area contributed by atoms with Crippen molar-refractivity contribution in [2.24, 2.45) is 28.4 Å². The third-order valence-corrected chi connectivity index (χ3v) is 7.01. The van der Waals surface area contributed by atoms with Crippen molar-refractivity contribution >= 4 is 0 Å². The highest BCUT2D eigenvalue weighted by Gasteiger charge is 2.55. The summed E-state index contributed by atoms with van der Waals surface area (Å²) in [5, 5.41) is 30.5. The molecule has 172 valence electrons. The van der Waals surface area contributed by atoms with E-state index in [-0.39, 0.29) is 28.7 Å². The second kappa shape index (κ2) is 8.84. The number of allylic oxidation sites excluding steroid dienone is 4. The van der Waals surface area contributed by atoms with E-state index in [2.05, 4.69) is 45.1 Å². The molecule has 0 bridgehead atoms. The van der Waals surface area contributed by atoms with Crippen LogP contribution >= 0.6 is 0 Å². The largest absolute Gasteiger partial charge is 0.493 e. The zero-order valence-electron chi connectivity index (χ0n) is 20.3. The van der Waals surface area contributed by atoms with Crippen molar-refractivity contribution in [2.75, 3.05) is 7.11 Å². The van der Waals surface area contributed by atoms with Crippen molar-refractivity contribution in [3.05, 3.63) is 46.7 Å². The monoisotopic (exact) mass is 444 g/mol. The molecule has 0 radical (unpaired) electrons. The molecule has 0 saturated carbocycles. The Hall–Kier alpha value is -3.43. The van der Waals surface area contributed by atoms with Gasteiger partial charge in [-0.1, -0.05) is 32.9 Å². The van der Waals surface area contributed by atoms with E-state index in [1.165, 1.54) is 0 Å². The molecular formula is C27H32N4O2. The molecule has 33 heavy (non-hydrogen) atoms. The number of nitriles is 3. The van der Waals surface area contributed by atoms with Crippen molar-refractivity contribution in [3.8, 4) is 29.7 Å². The normalized spacial score (nSPS) is 24.1. The quantitative estimate of drug-likeness (QED) is 0.669. The fourth-order valence-electron chi connectivity index (χ4n) is 5.20. The number of rotatable bonds is 4. The van der Waals surface area contributed by atoms with Gasteiger partial charge in [0.05, 0.1) is 36.6 Å². The molecule has 0 aliphatic heterocycles. The average Bonchev–Trinajstić information content (AvgIpc) is 2.77. The molecule has 1 aromatic carbocycles. The van der Waals surface area contributed by atoms with Gasteiger partial charge < -0.3 is 15.2 Å². The lowest BCUT2D eigenvalue weighted by Crippen LogP contribution is -2.44. The minimum Gasteiger partial charge on any atom is -0.493 e. The Kier molecular flexibility index (Phi) is 6.49. The molecule has 0 amide bonds. The third kappa shape index (κ3) is 4.05. The van der Waals surface area contributed by atoms with Crippen molar-refractivity contribution in [3.63, 3.8) is 0 Å². The van der Waals surface area contributed by atoms with E-state index in [1.807, 2.05) is 32.0 Å². The van der Waals surface area contributed by atoms with E-state index in [9.17, 15) is 15.8 Å². The van der Waals surface area contributed by atoms with Gasteiger partial charge in [-0.15, -0.1) is 0 Å². The average molecular weight is 445 g/mol. The van der Waals surface area contributed by atoms with Crippen molar-refractivity contribution < 1.29 is 9.47 Å². The molecule has 2 N–H and O–H groups in total. The predicted octanol–water partition coefficient (Wildman–Crippen LogP) is 5.35. The van der Waals surface area contributed by atoms with Gasteiger partial charge in [-0.25, -0.2) is 0 Å². The zero-order valence-corrected chi connectivity index (χ0v) is 20.3. The maximum atomic E-state index is 10.3. The van der Waals surface area contributed by atoms with Crippen LogP contribution in [-0.2, 0) is 0 Å². The molecule has 2 aliphatic carbocycles. The summed E-state index contributed by atoms with van der Waals surface area (Å²) in [6, 6.07) is 12.2. The summed E-state index contributed by atoms with van der Waals surface area (Å²) in [6.07, 6.45) is 3.65. The Balaban J connectivity index is 2.27. The molecule has 6 nitrogen and oxygen atoms in total. The Morgan fingerprint density at radius 3 is 2.30 bits per heavy atom. The van der Waals surface area contributed by atoms with Crippen LogP contribution < -0.4 is 15.2 Å². The Morgan fingerprint density at radius 1 is 1.12 bits per heavy atom. The van der Waals surface area contributed by atoms with Crippen LogP contribution in [0.25, 0.3) is 0 Å². The molecule has 0 saturated heterocycles. The lowest BCUT2D eigenvalue weighted by atomic mass is 9.54.